The van der Waals surface area contributed by atoms with Gasteiger partial charge in [0.1, 0.15) is 0 Å². The number of carbonyl (C=O) groups is 1. The summed E-state index contributed by atoms with van der Waals surface area (Å²) in [5.74, 6) is -0.110. The van der Waals surface area contributed by atoms with E-state index in [9.17, 15) is 4.79 Å². The number of anilines is 1. The molecule has 0 fully saturated rings. The smallest absolute Gasteiger partial charge is 0.257 e. The van der Waals surface area contributed by atoms with Crippen molar-refractivity contribution >= 4 is 11.6 Å². The van der Waals surface area contributed by atoms with Crippen LogP contribution in [0.2, 0.25) is 0 Å². The van der Waals surface area contributed by atoms with Crippen molar-refractivity contribution < 1.29 is 4.79 Å². The molecule has 18 heavy (non-hydrogen) atoms. The summed E-state index contributed by atoms with van der Waals surface area (Å²) in [7, 11) is 0. The third-order valence-corrected chi connectivity index (χ3v) is 2.90. The lowest BCUT2D eigenvalue weighted by Crippen LogP contribution is -2.15. The first-order valence-corrected chi connectivity index (χ1v) is 6.03. The highest BCUT2D eigenvalue weighted by molar-refractivity contribution is 6.05. The van der Waals surface area contributed by atoms with Crippen LogP contribution in [-0.4, -0.2) is 10.9 Å². The molecule has 0 atom stereocenters. The third-order valence-electron chi connectivity index (χ3n) is 2.90. The second-order valence-electron chi connectivity index (χ2n) is 4.10. The number of rotatable bonds is 3. The molecule has 0 spiro atoms. The number of nitrogens with zero attached hydrogens (tertiary/aromatic N) is 1. The van der Waals surface area contributed by atoms with Gasteiger partial charge in [0.2, 0.25) is 0 Å². The van der Waals surface area contributed by atoms with E-state index >= 15 is 0 Å². The maximum absolute atomic E-state index is 12.2. The molecule has 1 N–H and O–H groups in total. The zero-order valence-electron chi connectivity index (χ0n) is 10.6. The van der Waals surface area contributed by atoms with E-state index in [1.807, 2.05) is 31.2 Å². The summed E-state index contributed by atoms with van der Waals surface area (Å²) >= 11 is 0. The zero-order valence-corrected chi connectivity index (χ0v) is 10.6. The molecule has 1 aromatic heterocycles. The molecule has 1 aromatic carbocycles. The molecule has 3 nitrogen and oxygen atoms in total. The average Bonchev–Trinajstić information content (AvgIpc) is 2.39. The Morgan fingerprint density at radius 3 is 2.72 bits per heavy atom. The van der Waals surface area contributed by atoms with Gasteiger partial charge in [0.15, 0.2) is 0 Å². The molecule has 92 valence electrons. The number of aromatic nitrogens is 1. The summed E-state index contributed by atoms with van der Waals surface area (Å²) in [4.78, 5) is 16.3. The fourth-order valence-electron chi connectivity index (χ4n) is 1.86. The molecule has 0 saturated carbocycles. The van der Waals surface area contributed by atoms with Crippen molar-refractivity contribution in [3.63, 3.8) is 0 Å². The normalized spacial score (nSPS) is 10.1. The van der Waals surface area contributed by atoms with E-state index in [1.54, 1.807) is 18.3 Å². The number of aryl methyl sites for hydroxylation is 2. The molecule has 2 rings (SSSR count). The quantitative estimate of drug-likeness (QED) is 0.895. The average molecular weight is 240 g/mol. The minimum absolute atomic E-state index is 0.110. The molecule has 2 aromatic rings. The Kier molecular flexibility index (Phi) is 3.72. The maximum atomic E-state index is 12.2. The molecule has 0 aliphatic carbocycles. The van der Waals surface area contributed by atoms with Crippen LogP contribution in [0.1, 0.15) is 28.5 Å². The van der Waals surface area contributed by atoms with Crippen LogP contribution in [0.25, 0.3) is 0 Å². The van der Waals surface area contributed by atoms with Crippen LogP contribution in [0.5, 0.6) is 0 Å². The van der Waals surface area contributed by atoms with Gasteiger partial charge in [-0.05, 0) is 37.1 Å². The number of pyridine rings is 1. The molecule has 0 bridgehead atoms. The molecule has 3 heteroatoms. The lowest BCUT2D eigenvalue weighted by molar-refractivity contribution is 0.102. The Hall–Kier alpha value is -2.16. The van der Waals surface area contributed by atoms with Gasteiger partial charge in [-0.3, -0.25) is 9.78 Å². The zero-order chi connectivity index (χ0) is 13.0. The molecular weight excluding hydrogens is 224 g/mol. The monoisotopic (exact) mass is 240 g/mol. The number of nitrogens with one attached hydrogen (secondary N) is 1. The second-order valence-corrected chi connectivity index (χ2v) is 4.10. The lowest BCUT2D eigenvalue weighted by Gasteiger charge is -2.10. The van der Waals surface area contributed by atoms with Crippen LogP contribution < -0.4 is 5.32 Å². The van der Waals surface area contributed by atoms with E-state index in [-0.39, 0.29) is 5.91 Å². The summed E-state index contributed by atoms with van der Waals surface area (Å²) in [6, 6.07) is 11.4. The van der Waals surface area contributed by atoms with E-state index < -0.39 is 0 Å². The van der Waals surface area contributed by atoms with Crippen molar-refractivity contribution in [2.24, 2.45) is 0 Å². The first-order chi connectivity index (χ1) is 8.72. The van der Waals surface area contributed by atoms with Crippen LogP contribution in [0.3, 0.4) is 0 Å². The highest BCUT2D eigenvalue weighted by Crippen LogP contribution is 2.17. The van der Waals surface area contributed by atoms with Gasteiger partial charge in [0, 0.05) is 17.6 Å². The first-order valence-electron chi connectivity index (χ1n) is 6.03. The molecule has 0 aliphatic heterocycles. The number of carbonyl (C=O) groups excluding carboxylic acids is 1. The minimum atomic E-state index is -0.110. The Morgan fingerprint density at radius 1 is 1.22 bits per heavy atom. The number of para-hydroxylation sites is 1. The molecule has 0 radical (unpaired) electrons. The first kappa shape index (κ1) is 12.3. The Morgan fingerprint density at radius 2 is 2.00 bits per heavy atom. The number of hydrogen-bond donors (Lipinski definition) is 1. The number of hydrogen-bond acceptors (Lipinski definition) is 2. The molecule has 1 amide bonds. The predicted molar refractivity (Wildman–Crippen MR) is 72.7 cm³/mol. The second kappa shape index (κ2) is 5.45. The lowest BCUT2D eigenvalue weighted by atomic mass is 10.1. The standard InChI is InChI=1S/C15H16N2O/c1-3-12-7-4-5-9-14(12)17-15(18)13-8-6-10-16-11(13)2/h4-10H,3H2,1-2H3,(H,17,18). The fraction of sp³-hybridized carbons (Fsp3) is 0.200. The summed E-state index contributed by atoms with van der Waals surface area (Å²) in [6.45, 7) is 3.90. The van der Waals surface area contributed by atoms with E-state index in [2.05, 4.69) is 17.2 Å². The van der Waals surface area contributed by atoms with Gasteiger partial charge < -0.3 is 5.32 Å². The predicted octanol–water partition coefficient (Wildman–Crippen LogP) is 3.20. The summed E-state index contributed by atoms with van der Waals surface area (Å²) < 4.78 is 0. The van der Waals surface area contributed by atoms with Gasteiger partial charge in [-0.1, -0.05) is 25.1 Å². The van der Waals surface area contributed by atoms with Crippen LogP contribution in [0, 0.1) is 6.92 Å². The topological polar surface area (TPSA) is 42.0 Å². The van der Waals surface area contributed by atoms with Gasteiger partial charge >= 0.3 is 0 Å². The molecule has 1 heterocycles. The highest BCUT2D eigenvalue weighted by atomic mass is 16.1. The van der Waals surface area contributed by atoms with Crippen LogP contribution in [0.4, 0.5) is 5.69 Å². The van der Waals surface area contributed by atoms with Gasteiger partial charge in [0.25, 0.3) is 5.91 Å². The SMILES string of the molecule is CCc1ccccc1NC(=O)c1cccnc1C. The van der Waals surface area contributed by atoms with Crippen molar-refractivity contribution in [1.29, 1.82) is 0 Å². The van der Waals surface area contributed by atoms with Gasteiger partial charge in [-0.2, -0.15) is 0 Å². The molecular formula is C15H16N2O. The number of amides is 1. The van der Waals surface area contributed by atoms with Crippen molar-refractivity contribution in [2.75, 3.05) is 5.32 Å². The Bertz CT molecular complexity index is 564. The summed E-state index contributed by atoms with van der Waals surface area (Å²) in [5.41, 5.74) is 3.35. The third kappa shape index (κ3) is 2.56. The summed E-state index contributed by atoms with van der Waals surface area (Å²) in [5, 5.41) is 2.94. The summed E-state index contributed by atoms with van der Waals surface area (Å²) in [6.07, 6.45) is 2.58. The van der Waals surface area contributed by atoms with E-state index in [4.69, 9.17) is 0 Å². The highest BCUT2D eigenvalue weighted by Gasteiger charge is 2.10. The maximum Gasteiger partial charge on any atom is 0.257 e. The number of benzene rings is 1. The van der Waals surface area contributed by atoms with Crippen LogP contribution >= 0.6 is 0 Å². The van der Waals surface area contributed by atoms with Gasteiger partial charge in [-0.15, -0.1) is 0 Å². The van der Waals surface area contributed by atoms with Crippen molar-refractivity contribution in [2.45, 2.75) is 20.3 Å². The van der Waals surface area contributed by atoms with Crippen molar-refractivity contribution in [3.05, 3.63) is 59.4 Å². The van der Waals surface area contributed by atoms with Gasteiger partial charge in [-0.25, -0.2) is 0 Å². The van der Waals surface area contributed by atoms with Crippen LogP contribution in [-0.2, 0) is 6.42 Å². The largest absolute Gasteiger partial charge is 0.322 e. The Labute approximate surface area is 107 Å². The molecule has 0 aliphatic rings. The minimum Gasteiger partial charge on any atom is -0.322 e. The molecule has 0 saturated heterocycles. The molecule has 0 unspecified atom stereocenters. The van der Waals surface area contributed by atoms with Crippen molar-refractivity contribution in [1.82, 2.24) is 4.98 Å². The van der Waals surface area contributed by atoms with E-state index in [0.29, 0.717) is 5.56 Å². The van der Waals surface area contributed by atoms with Crippen molar-refractivity contribution in [3.8, 4) is 0 Å². The fourth-order valence-corrected chi connectivity index (χ4v) is 1.86. The van der Waals surface area contributed by atoms with E-state index in [1.165, 1.54) is 0 Å². The Balaban J connectivity index is 2.24. The van der Waals surface area contributed by atoms with Crippen LogP contribution in [0.15, 0.2) is 42.6 Å². The van der Waals surface area contributed by atoms with E-state index in [0.717, 1.165) is 23.4 Å². The van der Waals surface area contributed by atoms with Gasteiger partial charge in [0.05, 0.1) is 5.56 Å².